The van der Waals surface area contributed by atoms with Crippen molar-refractivity contribution in [3.05, 3.63) is 12.3 Å². The lowest BCUT2D eigenvalue weighted by atomic mass is 10.1. The van der Waals surface area contributed by atoms with Crippen molar-refractivity contribution < 1.29 is 0 Å². The highest BCUT2D eigenvalue weighted by atomic mass is 14.9. The lowest BCUT2D eigenvalue weighted by molar-refractivity contribution is 0.485. The number of nitrogens with one attached hydrogen (secondary N) is 1. The summed E-state index contributed by atoms with van der Waals surface area (Å²) in [5, 5.41) is 3.37. The molecule has 0 aromatic heterocycles. The van der Waals surface area contributed by atoms with E-state index in [1.54, 1.807) is 0 Å². The van der Waals surface area contributed by atoms with Crippen molar-refractivity contribution in [2.24, 2.45) is 11.8 Å². The molecule has 0 rings (SSSR count). The molecular formula is C11H23N. The molecule has 0 bridgehead atoms. The molecule has 0 aliphatic rings. The normalized spacial score (nSPS) is 13.1. The molecule has 1 N–H and O–H groups in total. The minimum absolute atomic E-state index is 0.554. The summed E-state index contributed by atoms with van der Waals surface area (Å²) in [6.45, 7) is 13.9. The van der Waals surface area contributed by atoms with Gasteiger partial charge in [-0.1, -0.05) is 40.7 Å². The summed E-state index contributed by atoms with van der Waals surface area (Å²) in [5.74, 6) is 1.32. The minimum Gasteiger partial charge on any atom is -0.388 e. The largest absolute Gasteiger partial charge is 0.388 e. The van der Waals surface area contributed by atoms with Crippen molar-refractivity contribution in [3.8, 4) is 0 Å². The quantitative estimate of drug-likeness (QED) is 0.644. The van der Waals surface area contributed by atoms with Gasteiger partial charge in [-0.05, 0) is 18.3 Å². The van der Waals surface area contributed by atoms with E-state index in [9.17, 15) is 0 Å². The van der Waals surface area contributed by atoms with Crippen molar-refractivity contribution in [1.82, 2.24) is 5.32 Å². The SMILES string of the molecule is C=C(NCC(C)CCC)C(C)C. The molecule has 0 aromatic rings. The van der Waals surface area contributed by atoms with E-state index in [2.05, 4.69) is 39.6 Å². The van der Waals surface area contributed by atoms with E-state index in [1.807, 2.05) is 0 Å². The zero-order chi connectivity index (χ0) is 9.56. The molecule has 0 spiro atoms. The van der Waals surface area contributed by atoms with Crippen LogP contribution in [0.15, 0.2) is 12.3 Å². The van der Waals surface area contributed by atoms with E-state index in [-0.39, 0.29) is 0 Å². The van der Waals surface area contributed by atoms with Crippen molar-refractivity contribution in [2.75, 3.05) is 6.54 Å². The van der Waals surface area contributed by atoms with Gasteiger partial charge >= 0.3 is 0 Å². The van der Waals surface area contributed by atoms with E-state index in [0.29, 0.717) is 5.92 Å². The summed E-state index contributed by atoms with van der Waals surface area (Å²) >= 11 is 0. The van der Waals surface area contributed by atoms with Crippen molar-refractivity contribution in [1.29, 1.82) is 0 Å². The summed E-state index contributed by atoms with van der Waals surface area (Å²) in [6.07, 6.45) is 2.58. The summed E-state index contributed by atoms with van der Waals surface area (Å²) in [6, 6.07) is 0. The first-order valence-corrected chi connectivity index (χ1v) is 5.00. The predicted octanol–water partition coefficient (Wildman–Crippen LogP) is 3.18. The second kappa shape index (κ2) is 6.10. The van der Waals surface area contributed by atoms with Gasteiger partial charge in [0.25, 0.3) is 0 Å². The molecule has 1 nitrogen and oxygen atoms in total. The smallest absolute Gasteiger partial charge is 0.0169 e. The maximum Gasteiger partial charge on any atom is 0.0169 e. The zero-order valence-electron chi connectivity index (χ0n) is 8.98. The Kier molecular flexibility index (Phi) is 5.87. The highest BCUT2D eigenvalue weighted by molar-refractivity contribution is 4.94. The molecule has 0 aliphatic carbocycles. The van der Waals surface area contributed by atoms with Crippen LogP contribution in [0.1, 0.15) is 40.5 Å². The Labute approximate surface area is 77.2 Å². The highest BCUT2D eigenvalue weighted by Crippen LogP contribution is 2.06. The molecule has 0 heterocycles. The van der Waals surface area contributed by atoms with Gasteiger partial charge in [0, 0.05) is 12.2 Å². The van der Waals surface area contributed by atoms with Gasteiger partial charge in [-0.3, -0.25) is 0 Å². The molecule has 1 unspecified atom stereocenters. The first-order chi connectivity index (χ1) is 5.57. The highest BCUT2D eigenvalue weighted by Gasteiger charge is 2.02. The van der Waals surface area contributed by atoms with E-state index in [4.69, 9.17) is 0 Å². The Bertz CT molecular complexity index is 127. The fourth-order valence-electron chi connectivity index (χ4n) is 1.10. The van der Waals surface area contributed by atoms with Crippen LogP contribution in [0.3, 0.4) is 0 Å². The lowest BCUT2D eigenvalue weighted by Gasteiger charge is -2.16. The average molecular weight is 169 g/mol. The minimum atomic E-state index is 0.554. The van der Waals surface area contributed by atoms with Crippen LogP contribution < -0.4 is 5.32 Å². The Morgan fingerprint density at radius 1 is 1.33 bits per heavy atom. The molecule has 12 heavy (non-hydrogen) atoms. The molecule has 0 radical (unpaired) electrons. The van der Waals surface area contributed by atoms with E-state index >= 15 is 0 Å². The third kappa shape index (κ3) is 5.22. The van der Waals surface area contributed by atoms with Crippen LogP contribution in [-0.4, -0.2) is 6.54 Å². The van der Waals surface area contributed by atoms with Gasteiger partial charge in [0.15, 0.2) is 0 Å². The molecule has 0 saturated heterocycles. The summed E-state index contributed by atoms with van der Waals surface area (Å²) in [5.41, 5.74) is 1.16. The molecular weight excluding hydrogens is 146 g/mol. The van der Waals surface area contributed by atoms with Crippen LogP contribution in [0, 0.1) is 11.8 Å². The molecule has 0 aliphatic heterocycles. The van der Waals surface area contributed by atoms with Crippen LogP contribution in [0.4, 0.5) is 0 Å². The number of hydrogen-bond acceptors (Lipinski definition) is 1. The van der Waals surface area contributed by atoms with Crippen LogP contribution in [0.5, 0.6) is 0 Å². The Balaban J connectivity index is 3.47. The zero-order valence-corrected chi connectivity index (χ0v) is 8.98. The Morgan fingerprint density at radius 3 is 2.33 bits per heavy atom. The van der Waals surface area contributed by atoms with Crippen LogP contribution in [0.25, 0.3) is 0 Å². The van der Waals surface area contributed by atoms with E-state index in [0.717, 1.165) is 18.2 Å². The second-order valence-corrected chi connectivity index (χ2v) is 3.95. The van der Waals surface area contributed by atoms with Gasteiger partial charge in [-0.25, -0.2) is 0 Å². The van der Waals surface area contributed by atoms with Crippen LogP contribution in [-0.2, 0) is 0 Å². The molecule has 0 aromatic carbocycles. The van der Waals surface area contributed by atoms with Crippen molar-refractivity contribution in [2.45, 2.75) is 40.5 Å². The number of hydrogen-bond donors (Lipinski definition) is 1. The van der Waals surface area contributed by atoms with Gasteiger partial charge < -0.3 is 5.32 Å². The molecule has 0 amide bonds. The standard InChI is InChI=1S/C11H23N/c1-6-7-10(4)8-12-11(5)9(2)3/h9-10,12H,5-8H2,1-4H3. The van der Waals surface area contributed by atoms with Gasteiger partial charge in [-0.15, -0.1) is 0 Å². The van der Waals surface area contributed by atoms with Crippen LogP contribution in [0.2, 0.25) is 0 Å². The average Bonchev–Trinajstić information content (AvgIpc) is 2.00. The summed E-state index contributed by atoms with van der Waals surface area (Å²) in [4.78, 5) is 0. The first kappa shape index (κ1) is 11.5. The molecule has 0 fully saturated rings. The van der Waals surface area contributed by atoms with E-state index < -0.39 is 0 Å². The first-order valence-electron chi connectivity index (χ1n) is 5.00. The van der Waals surface area contributed by atoms with Crippen molar-refractivity contribution in [3.63, 3.8) is 0 Å². The molecule has 72 valence electrons. The third-order valence-electron chi connectivity index (χ3n) is 2.16. The molecule has 1 heteroatoms. The van der Waals surface area contributed by atoms with Gasteiger partial charge in [0.2, 0.25) is 0 Å². The third-order valence-corrected chi connectivity index (χ3v) is 2.16. The monoisotopic (exact) mass is 169 g/mol. The predicted molar refractivity (Wildman–Crippen MR) is 56.1 cm³/mol. The fraction of sp³-hybridized carbons (Fsp3) is 0.818. The fourth-order valence-corrected chi connectivity index (χ4v) is 1.10. The maximum atomic E-state index is 3.98. The van der Waals surface area contributed by atoms with Crippen molar-refractivity contribution >= 4 is 0 Å². The topological polar surface area (TPSA) is 12.0 Å². The van der Waals surface area contributed by atoms with Crippen LogP contribution >= 0.6 is 0 Å². The summed E-state index contributed by atoms with van der Waals surface area (Å²) in [7, 11) is 0. The van der Waals surface area contributed by atoms with Gasteiger partial charge in [0.1, 0.15) is 0 Å². The lowest BCUT2D eigenvalue weighted by Crippen LogP contribution is -2.22. The Hall–Kier alpha value is -0.460. The number of allylic oxidation sites excluding steroid dienone is 1. The second-order valence-electron chi connectivity index (χ2n) is 3.95. The number of rotatable bonds is 6. The maximum absolute atomic E-state index is 3.98. The van der Waals surface area contributed by atoms with Gasteiger partial charge in [0.05, 0.1) is 0 Å². The Morgan fingerprint density at radius 2 is 1.92 bits per heavy atom. The summed E-state index contributed by atoms with van der Waals surface area (Å²) < 4.78 is 0. The van der Waals surface area contributed by atoms with Gasteiger partial charge in [-0.2, -0.15) is 0 Å². The van der Waals surface area contributed by atoms with E-state index in [1.165, 1.54) is 12.8 Å². The molecule has 1 atom stereocenters. The molecule has 0 saturated carbocycles.